The lowest BCUT2D eigenvalue weighted by atomic mass is 10.1. The number of aryl methyl sites for hydroxylation is 1. The lowest BCUT2D eigenvalue weighted by Gasteiger charge is -2.10. The highest BCUT2D eigenvalue weighted by atomic mass is 32.1. The van der Waals surface area contributed by atoms with Gasteiger partial charge < -0.3 is 5.32 Å². The molecule has 0 aliphatic carbocycles. The number of imide groups is 1. The van der Waals surface area contributed by atoms with E-state index in [0.717, 1.165) is 21.8 Å². The first-order valence-corrected chi connectivity index (χ1v) is 9.55. The molecule has 1 aliphatic rings. The number of amides is 3. The number of rotatable bonds is 6. The van der Waals surface area contributed by atoms with Crippen molar-refractivity contribution in [2.24, 2.45) is 0 Å². The Bertz CT molecular complexity index is 1010. The molecule has 3 amide bonds. The number of anilines is 1. The summed E-state index contributed by atoms with van der Waals surface area (Å²) in [4.78, 5) is 38.1. The van der Waals surface area contributed by atoms with Gasteiger partial charge in [-0.1, -0.05) is 53.8 Å². The Hall–Kier alpha value is -3.39. The molecule has 0 saturated heterocycles. The summed E-state index contributed by atoms with van der Waals surface area (Å²) in [6, 6.07) is 16.5. The largest absolute Gasteiger partial charge is 0.301 e. The van der Waals surface area contributed by atoms with E-state index >= 15 is 0 Å². The highest BCUT2D eigenvalue weighted by Gasteiger charge is 2.35. The van der Waals surface area contributed by atoms with Crippen molar-refractivity contribution in [1.82, 2.24) is 15.1 Å². The number of nitrogens with zero attached hydrogens (tertiary/aromatic N) is 3. The van der Waals surface area contributed by atoms with Gasteiger partial charge in [0.05, 0.1) is 17.7 Å². The number of fused-ring (bicyclic) bond motifs is 1. The van der Waals surface area contributed by atoms with Crippen LogP contribution in [-0.2, 0) is 17.8 Å². The summed E-state index contributed by atoms with van der Waals surface area (Å²) in [5.41, 5.74) is 1.87. The molecule has 0 saturated carbocycles. The number of benzene rings is 2. The van der Waals surface area contributed by atoms with Crippen molar-refractivity contribution in [3.63, 3.8) is 0 Å². The molecule has 7 nitrogen and oxygen atoms in total. The monoisotopic (exact) mass is 392 g/mol. The fourth-order valence-corrected chi connectivity index (χ4v) is 3.72. The Morgan fingerprint density at radius 1 is 0.929 bits per heavy atom. The molecule has 0 radical (unpaired) electrons. The molecule has 0 atom stereocenters. The van der Waals surface area contributed by atoms with Crippen molar-refractivity contribution in [2.45, 2.75) is 19.4 Å². The Labute approximate surface area is 165 Å². The average Bonchev–Trinajstić information content (AvgIpc) is 3.26. The van der Waals surface area contributed by atoms with E-state index in [2.05, 4.69) is 15.5 Å². The maximum atomic E-state index is 12.4. The van der Waals surface area contributed by atoms with Crippen LogP contribution in [0.25, 0.3) is 0 Å². The first-order valence-electron chi connectivity index (χ1n) is 8.73. The molecule has 2 aromatic carbocycles. The molecule has 0 unspecified atom stereocenters. The van der Waals surface area contributed by atoms with Crippen LogP contribution in [0.2, 0.25) is 0 Å². The lowest BCUT2D eigenvalue weighted by molar-refractivity contribution is -0.116. The zero-order valence-electron chi connectivity index (χ0n) is 14.8. The molecule has 0 fully saturated rings. The minimum Gasteiger partial charge on any atom is -0.301 e. The van der Waals surface area contributed by atoms with Crippen LogP contribution in [0.1, 0.15) is 37.7 Å². The first-order chi connectivity index (χ1) is 13.6. The maximum Gasteiger partial charge on any atom is 0.261 e. The van der Waals surface area contributed by atoms with E-state index in [1.165, 1.54) is 0 Å². The third-order valence-electron chi connectivity index (χ3n) is 4.37. The van der Waals surface area contributed by atoms with Gasteiger partial charge in [-0.2, -0.15) is 0 Å². The molecule has 1 aliphatic heterocycles. The molecule has 2 heterocycles. The summed E-state index contributed by atoms with van der Waals surface area (Å²) in [7, 11) is 0. The van der Waals surface area contributed by atoms with Gasteiger partial charge in [0.1, 0.15) is 5.01 Å². The van der Waals surface area contributed by atoms with E-state index in [9.17, 15) is 14.4 Å². The van der Waals surface area contributed by atoms with Crippen LogP contribution < -0.4 is 5.32 Å². The number of hydrogen-bond acceptors (Lipinski definition) is 6. The standard InChI is InChI=1S/C20H16N4O3S/c25-16(11-10-13-6-2-1-3-7-13)21-20-23-22-17(28-20)12-24-18(26)14-8-4-5-9-15(14)19(24)27/h1-9H,10-12H2,(H,21,23,25). The molecule has 8 heteroatoms. The van der Waals surface area contributed by atoms with Gasteiger partial charge in [-0.25, -0.2) is 0 Å². The van der Waals surface area contributed by atoms with Crippen LogP contribution in [0.3, 0.4) is 0 Å². The fourth-order valence-electron chi connectivity index (χ4n) is 2.97. The number of carbonyl (C=O) groups excluding carboxylic acids is 3. The average molecular weight is 392 g/mol. The van der Waals surface area contributed by atoms with Crippen molar-refractivity contribution in [1.29, 1.82) is 0 Å². The van der Waals surface area contributed by atoms with Gasteiger partial charge in [-0.15, -0.1) is 10.2 Å². The van der Waals surface area contributed by atoms with E-state index in [0.29, 0.717) is 34.1 Å². The predicted molar refractivity (Wildman–Crippen MR) is 104 cm³/mol. The minimum absolute atomic E-state index is 0.0316. The molecule has 3 aromatic rings. The van der Waals surface area contributed by atoms with Crippen LogP contribution in [0.5, 0.6) is 0 Å². The predicted octanol–water partition coefficient (Wildman–Crippen LogP) is 2.91. The summed E-state index contributed by atoms with van der Waals surface area (Å²) in [6.07, 6.45) is 0.963. The van der Waals surface area contributed by atoms with Gasteiger partial charge in [0.15, 0.2) is 0 Å². The van der Waals surface area contributed by atoms with Crippen molar-refractivity contribution in [2.75, 3.05) is 5.32 Å². The first kappa shape index (κ1) is 18.0. The van der Waals surface area contributed by atoms with Gasteiger partial charge in [-0.05, 0) is 24.1 Å². The zero-order valence-corrected chi connectivity index (χ0v) is 15.6. The van der Waals surface area contributed by atoms with Gasteiger partial charge in [0.25, 0.3) is 11.8 Å². The molecule has 1 N–H and O–H groups in total. The third kappa shape index (κ3) is 3.67. The summed E-state index contributed by atoms with van der Waals surface area (Å²) >= 11 is 1.15. The second-order valence-electron chi connectivity index (χ2n) is 6.28. The second kappa shape index (κ2) is 7.69. The zero-order chi connectivity index (χ0) is 19.5. The topological polar surface area (TPSA) is 92.3 Å². The normalized spacial score (nSPS) is 12.9. The van der Waals surface area contributed by atoms with E-state index in [1.54, 1.807) is 24.3 Å². The van der Waals surface area contributed by atoms with Crippen LogP contribution in [-0.4, -0.2) is 32.8 Å². The molecule has 0 bridgehead atoms. The molecule has 0 spiro atoms. The Morgan fingerprint density at radius 3 is 2.25 bits per heavy atom. The van der Waals surface area contributed by atoms with Gasteiger partial charge in [-0.3, -0.25) is 19.3 Å². The van der Waals surface area contributed by atoms with Gasteiger partial charge >= 0.3 is 0 Å². The van der Waals surface area contributed by atoms with Crippen molar-refractivity contribution in [3.8, 4) is 0 Å². The van der Waals surface area contributed by atoms with Crippen molar-refractivity contribution >= 4 is 34.2 Å². The van der Waals surface area contributed by atoms with E-state index in [-0.39, 0.29) is 24.3 Å². The van der Waals surface area contributed by atoms with E-state index in [1.807, 2.05) is 30.3 Å². The van der Waals surface area contributed by atoms with Crippen LogP contribution in [0, 0.1) is 0 Å². The van der Waals surface area contributed by atoms with Crippen LogP contribution in [0.15, 0.2) is 54.6 Å². The number of nitrogens with one attached hydrogen (secondary N) is 1. The minimum atomic E-state index is -0.343. The molecular weight excluding hydrogens is 376 g/mol. The summed E-state index contributed by atoms with van der Waals surface area (Å²) in [6.45, 7) is 0.0316. The second-order valence-corrected chi connectivity index (χ2v) is 7.34. The van der Waals surface area contributed by atoms with E-state index in [4.69, 9.17) is 0 Å². The van der Waals surface area contributed by atoms with Crippen LogP contribution in [0.4, 0.5) is 5.13 Å². The SMILES string of the molecule is O=C(CCc1ccccc1)Nc1nnc(CN2C(=O)c3ccccc3C2=O)s1. The summed E-state index contributed by atoms with van der Waals surface area (Å²) in [5, 5.41) is 11.5. The molecular formula is C20H16N4O3S. The molecule has 1 aromatic heterocycles. The van der Waals surface area contributed by atoms with Crippen molar-refractivity contribution < 1.29 is 14.4 Å². The third-order valence-corrected chi connectivity index (χ3v) is 5.19. The number of hydrogen-bond donors (Lipinski definition) is 1. The number of carbonyl (C=O) groups is 3. The van der Waals surface area contributed by atoms with E-state index < -0.39 is 0 Å². The summed E-state index contributed by atoms with van der Waals surface area (Å²) < 4.78 is 0. The summed E-state index contributed by atoms with van der Waals surface area (Å²) in [5.74, 6) is -0.847. The molecule has 4 rings (SSSR count). The quantitative estimate of drug-likeness (QED) is 0.651. The smallest absolute Gasteiger partial charge is 0.261 e. The lowest BCUT2D eigenvalue weighted by Crippen LogP contribution is -2.29. The maximum absolute atomic E-state index is 12.4. The highest BCUT2D eigenvalue weighted by molar-refractivity contribution is 7.15. The molecule has 28 heavy (non-hydrogen) atoms. The number of aromatic nitrogens is 2. The van der Waals surface area contributed by atoms with Crippen LogP contribution >= 0.6 is 11.3 Å². The Morgan fingerprint density at radius 2 is 1.57 bits per heavy atom. The Balaban J connectivity index is 1.35. The highest BCUT2D eigenvalue weighted by Crippen LogP contribution is 2.26. The van der Waals surface area contributed by atoms with Gasteiger partial charge in [0, 0.05) is 6.42 Å². The Kier molecular flexibility index (Phi) is 4.94. The molecule has 140 valence electrons. The van der Waals surface area contributed by atoms with Gasteiger partial charge in [0.2, 0.25) is 11.0 Å². The fraction of sp³-hybridized carbons (Fsp3) is 0.150. The van der Waals surface area contributed by atoms with Crippen molar-refractivity contribution in [3.05, 3.63) is 76.3 Å².